The number of carbonyl (C=O) groups excluding carboxylic acids is 1. The molecular formula is C19H18BrN3O2S. The fraction of sp³-hybridized carbons (Fsp3) is 0.316. The molecule has 2 aromatic heterocycles. The molecule has 0 bridgehead atoms. The second kappa shape index (κ2) is 7.32. The Morgan fingerprint density at radius 3 is 2.81 bits per heavy atom. The second-order valence-corrected chi connectivity index (χ2v) is 8.46. The van der Waals surface area contributed by atoms with Crippen LogP contribution in [0.15, 0.2) is 33.5 Å². The summed E-state index contributed by atoms with van der Waals surface area (Å²) in [5, 5.41) is 3.61. The lowest BCUT2D eigenvalue weighted by atomic mass is 9.97. The molecule has 0 radical (unpaired) electrons. The van der Waals surface area contributed by atoms with E-state index in [1.165, 1.54) is 16.9 Å². The highest BCUT2D eigenvalue weighted by Crippen LogP contribution is 2.33. The first-order valence-electron chi connectivity index (χ1n) is 8.69. The Morgan fingerprint density at radius 2 is 2.00 bits per heavy atom. The van der Waals surface area contributed by atoms with Gasteiger partial charge in [-0.2, -0.15) is 0 Å². The van der Waals surface area contributed by atoms with Crippen LogP contribution in [0.1, 0.15) is 35.5 Å². The van der Waals surface area contributed by atoms with Crippen molar-refractivity contribution in [3.8, 4) is 0 Å². The van der Waals surface area contributed by atoms with E-state index in [4.69, 9.17) is 0 Å². The smallest absolute Gasteiger partial charge is 0.259 e. The van der Waals surface area contributed by atoms with Crippen LogP contribution in [0.25, 0.3) is 10.2 Å². The Labute approximate surface area is 163 Å². The number of hydrogen-bond donors (Lipinski definition) is 2. The Bertz CT molecular complexity index is 1020. The minimum absolute atomic E-state index is 0.0716. The SMILES string of the molecule is O=C(CCc1nc2sc3c(c2c(=O)[nH]1)CCCC3)Nc1ccc(Br)cc1. The Balaban J connectivity index is 1.48. The van der Waals surface area contributed by atoms with Gasteiger partial charge in [0.05, 0.1) is 5.39 Å². The number of rotatable bonds is 4. The van der Waals surface area contributed by atoms with E-state index in [9.17, 15) is 9.59 Å². The van der Waals surface area contributed by atoms with Crippen LogP contribution in [0.2, 0.25) is 0 Å². The molecule has 1 aliphatic rings. The summed E-state index contributed by atoms with van der Waals surface area (Å²) in [5.74, 6) is 0.479. The number of thiophene rings is 1. The standard InChI is InChI=1S/C19H18BrN3O2S/c20-11-5-7-12(8-6-11)21-16(24)10-9-15-22-18(25)17-13-3-1-2-4-14(13)26-19(17)23-15/h5-8H,1-4,9-10H2,(H,21,24)(H,22,23,25). The van der Waals surface area contributed by atoms with E-state index in [1.54, 1.807) is 11.3 Å². The van der Waals surface area contributed by atoms with E-state index >= 15 is 0 Å². The lowest BCUT2D eigenvalue weighted by molar-refractivity contribution is -0.116. The van der Waals surface area contributed by atoms with Crippen LogP contribution in [-0.4, -0.2) is 15.9 Å². The predicted molar refractivity (Wildman–Crippen MR) is 108 cm³/mol. The number of carbonyl (C=O) groups is 1. The minimum Gasteiger partial charge on any atom is -0.326 e. The summed E-state index contributed by atoms with van der Waals surface area (Å²) in [6, 6.07) is 7.43. The van der Waals surface area contributed by atoms with Gasteiger partial charge in [-0.15, -0.1) is 11.3 Å². The van der Waals surface area contributed by atoms with E-state index < -0.39 is 0 Å². The molecule has 7 heteroatoms. The number of nitrogens with one attached hydrogen (secondary N) is 2. The third-order valence-corrected chi connectivity index (χ3v) is 6.31. The molecule has 1 aliphatic carbocycles. The second-order valence-electron chi connectivity index (χ2n) is 6.46. The van der Waals surface area contributed by atoms with Crippen molar-refractivity contribution in [2.24, 2.45) is 0 Å². The third kappa shape index (κ3) is 3.59. The van der Waals surface area contributed by atoms with E-state index in [2.05, 4.69) is 31.2 Å². The number of aromatic nitrogens is 2. The van der Waals surface area contributed by atoms with Crippen LogP contribution in [-0.2, 0) is 24.1 Å². The molecule has 5 nitrogen and oxygen atoms in total. The zero-order valence-corrected chi connectivity index (χ0v) is 16.5. The van der Waals surface area contributed by atoms with E-state index in [-0.39, 0.29) is 17.9 Å². The lowest BCUT2D eigenvalue weighted by Crippen LogP contribution is -2.16. The summed E-state index contributed by atoms with van der Waals surface area (Å²) in [6.07, 6.45) is 5.01. The molecule has 134 valence electrons. The molecule has 0 saturated heterocycles. The van der Waals surface area contributed by atoms with Crippen molar-refractivity contribution >= 4 is 49.1 Å². The number of aryl methyl sites for hydroxylation is 3. The molecule has 0 unspecified atom stereocenters. The van der Waals surface area contributed by atoms with Crippen molar-refractivity contribution in [3.63, 3.8) is 0 Å². The minimum atomic E-state index is -0.0967. The highest BCUT2D eigenvalue weighted by atomic mass is 79.9. The molecule has 1 amide bonds. The molecule has 0 spiro atoms. The van der Waals surface area contributed by atoms with Gasteiger partial charge in [-0.1, -0.05) is 15.9 Å². The quantitative estimate of drug-likeness (QED) is 0.649. The average Bonchev–Trinajstić information content (AvgIpc) is 3.01. The van der Waals surface area contributed by atoms with Gasteiger partial charge >= 0.3 is 0 Å². The maximum atomic E-state index is 12.5. The summed E-state index contributed by atoms with van der Waals surface area (Å²) in [7, 11) is 0. The van der Waals surface area contributed by atoms with Crippen molar-refractivity contribution < 1.29 is 4.79 Å². The highest BCUT2D eigenvalue weighted by molar-refractivity contribution is 9.10. The Hall–Kier alpha value is -1.99. The fourth-order valence-corrected chi connectivity index (χ4v) is 4.86. The molecule has 0 fully saturated rings. The maximum Gasteiger partial charge on any atom is 0.259 e. The maximum absolute atomic E-state index is 12.5. The molecule has 2 heterocycles. The number of anilines is 1. The molecule has 0 saturated carbocycles. The van der Waals surface area contributed by atoms with Crippen LogP contribution in [0.5, 0.6) is 0 Å². The third-order valence-electron chi connectivity index (χ3n) is 4.59. The van der Waals surface area contributed by atoms with E-state index in [0.29, 0.717) is 12.2 Å². The molecule has 0 atom stereocenters. The van der Waals surface area contributed by atoms with Gasteiger partial charge < -0.3 is 10.3 Å². The van der Waals surface area contributed by atoms with Gasteiger partial charge in [-0.3, -0.25) is 9.59 Å². The van der Waals surface area contributed by atoms with Gasteiger partial charge in [0.2, 0.25) is 5.91 Å². The summed E-state index contributed by atoms with van der Waals surface area (Å²) in [6.45, 7) is 0. The first kappa shape index (κ1) is 17.4. The van der Waals surface area contributed by atoms with E-state index in [0.717, 1.165) is 39.6 Å². The van der Waals surface area contributed by atoms with Gasteiger partial charge in [0, 0.05) is 27.9 Å². The van der Waals surface area contributed by atoms with Gasteiger partial charge in [-0.25, -0.2) is 4.98 Å². The first-order valence-corrected chi connectivity index (χ1v) is 10.3. The van der Waals surface area contributed by atoms with Crippen molar-refractivity contribution in [3.05, 3.63) is 55.4 Å². The molecule has 2 N–H and O–H groups in total. The number of fused-ring (bicyclic) bond motifs is 3. The number of hydrogen-bond acceptors (Lipinski definition) is 4. The summed E-state index contributed by atoms with van der Waals surface area (Å²) in [4.78, 5) is 34.2. The van der Waals surface area contributed by atoms with Gasteiger partial charge in [0.1, 0.15) is 10.7 Å². The molecule has 0 aliphatic heterocycles. The molecule has 3 aromatic rings. The zero-order valence-electron chi connectivity index (χ0n) is 14.1. The zero-order chi connectivity index (χ0) is 18.1. The monoisotopic (exact) mass is 431 g/mol. The largest absolute Gasteiger partial charge is 0.326 e. The van der Waals surface area contributed by atoms with Gasteiger partial charge in [-0.05, 0) is 55.5 Å². The molecule has 26 heavy (non-hydrogen) atoms. The summed E-state index contributed by atoms with van der Waals surface area (Å²) < 4.78 is 0.962. The number of benzene rings is 1. The summed E-state index contributed by atoms with van der Waals surface area (Å²) >= 11 is 5.00. The highest BCUT2D eigenvalue weighted by Gasteiger charge is 2.19. The van der Waals surface area contributed by atoms with E-state index in [1.807, 2.05) is 24.3 Å². The van der Waals surface area contributed by atoms with Gasteiger partial charge in [0.25, 0.3) is 5.56 Å². The summed E-state index contributed by atoms with van der Waals surface area (Å²) in [5.41, 5.74) is 1.86. The number of halogens is 1. The first-order chi connectivity index (χ1) is 12.6. The average molecular weight is 432 g/mol. The van der Waals surface area contributed by atoms with Crippen LogP contribution in [0.3, 0.4) is 0 Å². The van der Waals surface area contributed by atoms with Crippen molar-refractivity contribution in [2.75, 3.05) is 5.32 Å². The van der Waals surface area contributed by atoms with Crippen LogP contribution in [0.4, 0.5) is 5.69 Å². The van der Waals surface area contributed by atoms with Crippen molar-refractivity contribution in [1.82, 2.24) is 9.97 Å². The predicted octanol–water partition coefficient (Wildman–Crippen LogP) is 4.20. The topological polar surface area (TPSA) is 74.8 Å². The van der Waals surface area contributed by atoms with Gasteiger partial charge in [0.15, 0.2) is 0 Å². The molecule has 1 aromatic carbocycles. The number of amides is 1. The number of nitrogens with zero attached hydrogens (tertiary/aromatic N) is 1. The van der Waals surface area contributed by atoms with Crippen molar-refractivity contribution in [1.29, 1.82) is 0 Å². The van der Waals surface area contributed by atoms with Crippen LogP contribution >= 0.6 is 27.3 Å². The molecule has 4 rings (SSSR count). The fourth-order valence-electron chi connectivity index (χ4n) is 3.32. The van der Waals surface area contributed by atoms with Crippen LogP contribution < -0.4 is 10.9 Å². The Kier molecular flexibility index (Phi) is 4.91. The van der Waals surface area contributed by atoms with Crippen molar-refractivity contribution in [2.45, 2.75) is 38.5 Å². The Morgan fingerprint density at radius 1 is 1.23 bits per heavy atom. The number of H-pyrrole nitrogens is 1. The number of aromatic amines is 1. The van der Waals surface area contributed by atoms with Crippen LogP contribution in [0, 0.1) is 0 Å². The molecular weight excluding hydrogens is 414 g/mol. The normalized spacial score (nSPS) is 13.6. The lowest BCUT2D eigenvalue weighted by Gasteiger charge is -2.09.